The molecule has 5 nitrogen and oxygen atoms in total. The number of benzene rings is 3. The first-order valence-electron chi connectivity index (χ1n) is 11.0. The molecule has 0 saturated heterocycles. The Morgan fingerprint density at radius 3 is 2.71 bits per heavy atom. The van der Waals surface area contributed by atoms with E-state index >= 15 is 0 Å². The highest BCUT2D eigenvalue weighted by molar-refractivity contribution is 7.80. The van der Waals surface area contributed by atoms with Crippen molar-refractivity contribution in [1.82, 2.24) is 10.3 Å². The number of fused-ring (bicyclic) bond motifs is 1. The van der Waals surface area contributed by atoms with Crippen LogP contribution in [0.1, 0.15) is 37.3 Å². The number of rotatable bonds is 6. The molecule has 0 fully saturated rings. The van der Waals surface area contributed by atoms with Crippen LogP contribution >= 0.6 is 23.8 Å². The molecule has 0 aliphatic heterocycles. The van der Waals surface area contributed by atoms with Crippen molar-refractivity contribution in [2.75, 3.05) is 5.32 Å². The number of anilines is 1. The number of nitrogens with one attached hydrogen (secondary N) is 2. The van der Waals surface area contributed by atoms with E-state index in [1.165, 1.54) is 11.6 Å². The Bertz CT molecular complexity index is 1370. The summed E-state index contributed by atoms with van der Waals surface area (Å²) in [6.07, 6.45) is 4.19. The third-order valence-corrected chi connectivity index (χ3v) is 6.05. The number of hydrogen-bond acceptors (Lipinski definition) is 4. The molecule has 2 N–H and O–H groups in total. The van der Waals surface area contributed by atoms with Crippen LogP contribution in [0.2, 0.25) is 5.02 Å². The number of amides is 1. The summed E-state index contributed by atoms with van der Waals surface area (Å²) in [6.45, 7) is 4.36. The Hall–Kier alpha value is -3.48. The minimum Gasteiger partial charge on any atom is -0.436 e. The predicted octanol–water partition coefficient (Wildman–Crippen LogP) is 7.19. The maximum atomic E-state index is 12.2. The number of hydrogen-bond donors (Lipinski definition) is 2. The molecule has 0 bridgehead atoms. The number of aromatic nitrogens is 1. The van der Waals surface area contributed by atoms with Gasteiger partial charge in [-0.25, -0.2) is 4.98 Å². The minimum absolute atomic E-state index is 0.137. The van der Waals surface area contributed by atoms with Crippen LogP contribution in [0.15, 0.2) is 77.2 Å². The summed E-state index contributed by atoms with van der Waals surface area (Å²) < 4.78 is 5.97. The van der Waals surface area contributed by atoms with Crippen molar-refractivity contribution >= 4 is 57.7 Å². The topological polar surface area (TPSA) is 67.2 Å². The van der Waals surface area contributed by atoms with E-state index in [1.807, 2.05) is 42.5 Å². The molecule has 0 radical (unpaired) electrons. The lowest BCUT2D eigenvalue weighted by Crippen LogP contribution is -2.32. The van der Waals surface area contributed by atoms with Gasteiger partial charge in [-0.15, -0.1) is 0 Å². The van der Waals surface area contributed by atoms with Crippen molar-refractivity contribution in [3.63, 3.8) is 0 Å². The lowest BCUT2D eigenvalue weighted by molar-refractivity contribution is -0.115. The van der Waals surface area contributed by atoms with Gasteiger partial charge in [0.1, 0.15) is 5.52 Å². The molecule has 0 aliphatic rings. The number of carbonyl (C=O) groups is 1. The Morgan fingerprint density at radius 1 is 1.15 bits per heavy atom. The fraction of sp³-hybridized carbons (Fsp3) is 0.148. The van der Waals surface area contributed by atoms with E-state index in [2.05, 4.69) is 41.6 Å². The van der Waals surface area contributed by atoms with Crippen molar-refractivity contribution in [3.05, 3.63) is 89.0 Å². The molecule has 3 aromatic carbocycles. The molecular weight excluding hydrogens is 466 g/mol. The Labute approximate surface area is 208 Å². The summed E-state index contributed by atoms with van der Waals surface area (Å²) in [5.74, 6) is 0.594. The largest absolute Gasteiger partial charge is 0.436 e. The van der Waals surface area contributed by atoms with Crippen molar-refractivity contribution < 1.29 is 9.21 Å². The second-order valence-corrected chi connectivity index (χ2v) is 8.75. The molecule has 1 aromatic heterocycles. The number of nitrogens with zero attached hydrogens (tertiary/aromatic N) is 1. The molecule has 0 unspecified atom stereocenters. The van der Waals surface area contributed by atoms with Gasteiger partial charge in [0, 0.05) is 11.6 Å². The van der Waals surface area contributed by atoms with Crippen molar-refractivity contribution in [3.8, 4) is 11.5 Å². The summed E-state index contributed by atoms with van der Waals surface area (Å²) >= 11 is 11.6. The molecule has 1 amide bonds. The number of oxazole rings is 1. The highest BCUT2D eigenvalue weighted by Crippen LogP contribution is 2.31. The number of thiocarbonyl (C=S) groups is 1. The van der Waals surface area contributed by atoms with Crippen LogP contribution in [0.5, 0.6) is 0 Å². The first kappa shape index (κ1) is 23.7. The van der Waals surface area contributed by atoms with E-state index in [9.17, 15) is 4.79 Å². The lowest BCUT2D eigenvalue weighted by Gasteiger charge is -2.10. The van der Waals surface area contributed by atoms with E-state index in [0.29, 0.717) is 22.5 Å². The van der Waals surface area contributed by atoms with Gasteiger partial charge in [-0.3, -0.25) is 10.1 Å². The van der Waals surface area contributed by atoms with E-state index in [4.69, 9.17) is 28.2 Å². The van der Waals surface area contributed by atoms with E-state index < -0.39 is 0 Å². The fourth-order valence-corrected chi connectivity index (χ4v) is 3.78. The normalized spacial score (nSPS) is 12.1. The SMILES string of the molecule is CC[C@H](C)c1ccc2oc(-c3ccc(Cl)c(NC(=S)NC(=O)/C=C/c4ccccc4)c3)nc2c1. The molecular formula is C27H24ClN3O2S. The summed E-state index contributed by atoms with van der Waals surface area (Å²) in [5, 5.41) is 6.20. The number of carbonyl (C=O) groups excluding carboxylic acids is 1. The maximum Gasteiger partial charge on any atom is 0.250 e. The van der Waals surface area contributed by atoms with Gasteiger partial charge < -0.3 is 9.73 Å². The van der Waals surface area contributed by atoms with Gasteiger partial charge in [0.05, 0.1) is 10.7 Å². The molecule has 0 saturated carbocycles. The summed E-state index contributed by atoms with van der Waals surface area (Å²) in [5.41, 5.74) is 4.97. The van der Waals surface area contributed by atoms with Crippen LogP contribution < -0.4 is 10.6 Å². The predicted molar refractivity (Wildman–Crippen MR) is 143 cm³/mol. The third-order valence-electron chi connectivity index (χ3n) is 5.52. The van der Waals surface area contributed by atoms with E-state index in [0.717, 1.165) is 28.6 Å². The molecule has 1 heterocycles. The first-order valence-corrected chi connectivity index (χ1v) is 11.8. The quantitative estimate of drug-likeness (QED) is 0.221. The van der Waals surface area contributed by atoms with Gasteiger partial charge in [-0.05, 0) is 72.1 Å². The Morgan fingerprint density at radius 2 is 1.94 bits per heavy atom. The Kier molecular flexibility index (Phi) is 7.40. The molecule has 0 spiro atoms. The van der Waals surface area contributed by atoms with Crippen LogP contribution in [0.25, 0.3) is 28.6 Å². The number of halogens is 1. The average molecular weight is 490 g/mol. The van der Waals surface area contributed by atoms with Crippen molar-refractivity contribution in [2.24, 2.45) is 0 Å². The molecule has 172 valence electrons. The van der Waals surface area contributed by atoms with Crippen molar-refractivity contribution in [2.45, 2.75) is 26.2 Å². The van der Waals surface area contributed by atoms with Crippen LogP contribution in [-0.4, -0.2) is 16.0 Å². The summed E-state index contributed by atoms with van der Waals surface area (Å²) in [6, 6.07) is 21.0. The zero-order chi connectivity index (χ0) is 24.1. The average Bonchev–Trinajstić information content (AvgIpc) is 3.27. The molecule has 4 aromatic rings. The van der Waals surface area contributed by atoms with Gasteiger partial charge in [0.25, 0.3) is 0 Å². The van der Waals surface area contributed by atoms with Gasteiger partial charge in [0.2, 0.25) is 11.8 Å². The van der Waals surface area contributed by atoms with Gasteiger partial charge in [-0.2, -0.15) is 0 Å². The summed E-state index contributed by atoms with van der Waals surface area (Å²) in [4.78, 5) is 16.9. The second kappa shape index (κ2) is 10.6. The van der Waals surface area contributed by atoms with Crippen LogP contribution in [-0.2, 0) is 4.79 Å². The van der Waals surface area contributed by atoms with Crippen LogP contribution in [0, 0.1) is 0 Å². The van der Waals surface area contributed by atoms with E-state index in [-0.39, 0.29) is 11.0 Å². The summed E-state index contributed by atoms with van der Waals surface area (Å²) in [7, 11) is 0. The van der Waals surface area contributed by atoms with Gasteiger partial charge >= 0.3 is 0 Å². The zero-order valence-corrected chi connectivity index (χ0v) is 20.4. The van der Waals surface area contributed by atoms with Gasteiger partial charge in [-0.1, -0.05) is 61.8 Å². The highest BCUT2D eigenvalue weighted by Gasteiger charge is 2.13. The molecule has 7 heteroatoms. The highest BCUT2D eigenvalue weighted by atomic mass is 35.5. The van der Waals surface area contributed by atoms with Crippen LogP contribution in [0.4, 0.5) is 5.69 Å². The monoisotopic (exact) mass is 489 g/mol. The zero-order valence-electron chi connectivity index (χ0n) is 18.8. The van der Waals surface area contributed by atoms with Crippen LogP contribution in [0.3, 0.4) is 0 Å². The Balaban J connectivity index is 1.48. The fourth-order valence-electron chi connectivity index (χ4n) is 3.41. The second-order valence-electron chi connectivity index (χ2n) is 7.94. The molecule has 0 aliphatic carbocycles. The molecule has 4 rings (SSSR count). The third kappa shape index (κ3) is 5.71. The smallest absolute Gasteiger partial charge is 0.250 e. The minimum atomic E-state index is -0.343. The van der Waals surface area contributed by atoms with Crippen molar-refractivity contribution in [1.29, 1.82) is 0 Å². The lowest BCUT2D eigenvalue weighted by atomic mass is 9.98. The first-order chi connectivity index (χ1) is 16.4. The molecule has 34 heavy (non-hydrogen) atoms. The molecule has 1 atom stereocenters. The van der Waals surface area contributed by atoms with Gasteiger partial charge in [0.15, 0.2) is 10.7 Å². The standard InChI is InChI=1S/C27H24ClN3O2S/c1-3-17(2)19-11-13-24-23(15-19)29-26(33-24)20-10-12-21(28)22(16-20)30-27(34)31-25(32)14-9-18-7-5-4-6-8-18/h4-17H,3H2,1-2H3,(H2,30,31,32,34)/b14-9+/t17-/m0/s1. The van der Waals surface area contributed by atoms with E-state index in [1.54, 1.807) is 18.2 Å². The maximum absolute atomic E-state index is 12.2.